The highest BCUT2D eigenvalue weighted by molar-refractivity contribution is 5.24. The molecule has 2 heterocycles. The number of rotatable bonds is 0. The number of fused-ring (bicyclic) bond motifs is 2. The Morgan fingerprint density at radius 1 is 0.938 bits per heavy atom. The molecule has 0 radical (unpaired) electrons. The highest BCUT2D eigenvalue weighted by Crippen LogP contribution is 2.67. The molecule has 5 atom stereocenters. The van der Waals surface area contributed by atoms with Crippen LogP contribution in [0, 0.1) is 11.8 Å². The second kappa shape index (κ2) is 2.51. The van der Waals surface area contributed by atoms with Gasteiger partial charge < -0.3 is 9.47 Å². The Morgan fingerprint density at radius 2 is 1.62 bits per heavy atom. The van der Waals surface area contributed by atoms with Crippen LogP contribution in [0.5, 0.6) is 0 Å². The van der Waals surface area contributed by atoms with Crippen LogP contribution in [0.2, 0.25) is 0 Å². The molecule has 2 aliphatic heterocycles. The summed E-state index contributed by atoms with van der Waals surface area (Å²) in [7, 11) is 0. The summed E-state index contributed by atoms with van der Waals surface area (Å²) in [6.07, 6.45) is 7.05. The summed E-state index contributed by atoms with van der Waals surface area (Å²) in [5.41, 5.74) is 0.205. The van der Waals surface area contributed by atoms with Crippen molar-refractivity contribution in [2.45, 2.75) is 75.8 Å². The molecule has 2 aliphatic carbocycles. The summed E-state index contributed by atoms with van der Waals surface area (Å²) >= 11 is 0. The molecule has 2 saturated carbocycles. The predicted octanol–water partition coefficient (Wildman–Crippen LogP) is 2.90. The Morgan fingerprint density at radius 3 is 2.44 bits per heavy atom. The van der Waals surface area contributed by atoms with Crippen LogP contribution in [-0.2, 0) is 9.47 Å². The van der Waals surface area contributed by atoms with E-state index in [1.807, 2.05) is 0 Å². The maximum Gasteiger partial charge on any atom is 0.121 e. The first-order valence-corrected chi connectivity index (χ1v) is 6.86. The van der Waals surface area contributed by atoms with Crippen LogP contribution in [0.25, 0.3) is 0 Å². The lowest BCUT2D eigenvalue weighted by Gasteiger charge is -2.45. The van der Waals surface area contributed by atoms with Crippen LogP contribution >= 0.6 is 0 Å². The Kier molecular flexibility index (Phi) is 1.55. The molecular weight excluding hydrogens is 200 g/mol. The molecule has 0 aromatic rings. The maximum absolute atomic E-state index is 6.60. The highest BCUT2D eigenvalue weighted by atomic mass is 16.7. The first kappa shape index (κ1) is 9.90. The Labute approximate surface area is 97.7 Å². The second-order valence-electron chi connectivity index (χ2n) is 7.06. The third kappa shape index (κ3) is 0.896. The van der Waals surface area contributed by atoms with E-state index in [9.17, 15) is 0 Å². The van der Waals surface area contributed by atoms with Gasteiger partial charge in [0.2, 0.25) is 0 Å². The number of hydrogen-bond acceptors (Lipinski definition) is 2. The molecule has 5 unspecified atom stereocenters. The average molecular weight is 222 g/mol. The van der Waals surface area contributed by atoms with E-state index in [-0.39, 0.29) is 16.8 Å². The molecule has 90 valence electrons. The van der Waals surface area contributed by atoms with Gasteiger partial charge in [-0.1, -0.05) is 0 Å². The standard InChI is InChI=1S/C14H22O2/c1-12(2)10-5-4-9-6-7-11-13(3,15-11)14(9,8-10)16-12/h9-11H,4-8H2,1-3H3. The SMILES string of the molecule is CC1(C)OC23CC1CCC2CCC1OC13C. The van der Waals surface area contributed by atoms with E-state index in [0.717, 1.165) is 11.8 Å². The highest BCUT2D eigenvalue weighted by Gasteiger charge is 2.76. The number of hydrogen-bond donors (Lipinski definition) is 0. The minimum atomic E-state index is 0.0579. The molecule has 0 amide bonds. The van der Waals surface area contributed by atoms with Crippen LogP contribution in [0.4, 0.5) is 0 Å². The third-order valence-corrected chi connectivity index (χ3v) is 6.06. The van der Waals surface area contributed by atoms with Crippen molar-refractivity contribution < 1.29 is 9.47 Å². The fraction of sp³-hybridized carbons (Fsp3) is 1.00. The van der Waals surface area contributed by atoms with Crippen molar-refractivity contribution in [3.8, 4) is 0 Å². The van der Waals surface area contributed by atoms with Gasteiger partial charge in [-0.3, -0.25) is 0 Å². The monoisotopic (exact) mass is 222 g/mol. The quantitative estimate of drug-likeness (QED) is 0.588. The van der Waals surface area contributed by atoms with Gasteiger partial charge in [-0.2, -0.15) is 0 Å². The predicted molar refractivity (Wildman–Crippen MR) is 61.2 cm³/mol. The average Bonchev–Trinajstić information content (AvgIpc) is 2.84. The molecule has 2 bridgehead atoms. The van der Waals surface area contributed by atoms with Crippen molar-refractivity contribution in [1.29, 1.82) is 0 Å². The summed E-state index contributed by atoms with van der Waals surface area (Å²) < 4.78 is 12.6. The minimum absolute atomic E-state index is 0.0579. The fourth-order valence-electron chi connectivity index (χ4n) is 4.95. The van der Waals surface area contributed by atoms with E-state index in [2.05, 4.69) is 20.8 Å². The van der Waals surface area contributed by atoms with Gasteiger partial charge in [0.25, 0.3) is 0 Å². The van der Waals surface area contributed by atoms with E-state index < -0.39 is 0 Å². The van der Waals surface area contributed by atoms with Crippen molar-refractivity contribution in [3.63, 3.8) is 0 Å². The summed E-state index contributed by atoms with van der Waals surface area (Å²) in [5.74, 6) is 1.51. The molecule has 4 rings (SSSR count). The van der Waals surface area contributed by atoms with E-state index in [4.69, 9.17) is 9.47 Å². The van der Waals surface area contributed by atoms with Crippen molar-refractivity contribution >= 4 is 0 Å². The van der Waals surface area contributed by atoms with Crippen LogP contribution in [-0.4, -0.2) is 22.9 Å². The van der Waals surface area contributed by atoms with Crippen molar-refractivity contribution in [3.05, 3.63) is 0 Å². The van der Waals surface area contributed by atoms with Gasteiger partial charge in [0.15, 0.2) is 0 Å². The lowest BCUT2D eigenvalue weighted by Crippen LogP contribution is -2.55. The molecule has 4 fully saturated rings. The van der Waals surface area contributed by atoms with Gasteiger partial charge in [-0.15, -0.1) is 0 Å². The van der Waals surface area contributed by atoms with Crippen LogP contribution in [0.3, 0.4) is 0 Å². The zero-order valence-corrected chi connectivity index (χ0v) is 10.6. The summed E-state index contributed by atoms with van der Waals surface area (Å²) in [4.78, 5) is 0. The molecule has 16 heavy (non-hydrogen) atoms. The molecule has 1 spiro atoms. The normalized spacial score (nSPS) is 61.3. The van der Waals surface area contributed by atoms with Gasteiger partial charge in [-0.25, -0.2) is 0 Å². The van der Waals surface area contributed by atoms with Crippen LogP contribution < -0.4 is 0 Å². The first-order valence-electron chi connectivity index (χ1n) is 6.86. The van der Waals surface area contributed by atoms with Crippen molar-refractivity contribution in [2.24, 2.45) is 11.8 Å². The third-order valence-electron chi connectivity index (χ3n) is 6.06. The molecule has 2 saturated heterocycles. The second-order valence-corrected chi connectivity index (χ2v) is 7.06. The minimum Gasteiger partial charge on any atom is -0.365 e. The van der Waals surface area contributed by atoms with Crippen LogP contribution in [0.15, 0.2) is 0 Å². The zero-order valence-electron chi connectivity index (χ0n) is 10.6. The molecule has 4 aliphatic rings. The lowest BCUT2D eigenvalue weighted by molar-refractivity contribution is -0.154. The lowest BCUT2D eigenvalue weighted by atomic mass is 9.60. The summed E-state index contributed by atoms with van der Waals surface area (Å²) in [6.45, 7) is 6.86. The number of ether oxygens (including phenoxy) is 2. The zero-order chi connectivity index (χ0) is 11.2. The molecule has 0 aromatic carbocycles. The molecule has 2 nitrogen and oxygen atoms in total. The maximum atomic E-state index is 6.60. The Hall–Kier alpha value is -0.0800. The summed E-state index contributed by atoms with van der Waals surface area (Å²) in [6, 6.07) is 0. The van der Waals surface area contributed by atoms with E-state index in [1.54, 1.807) is 0 Å². The molecule has 0 aromatic heterocycles. The Balaban J connectivity index is 1.80. The fourth-order valence-corrected chi connectivity index (χ4v) is 4.95. The topological polar surface area (TPSA) is 21.8 Å². The number of epoxide rings is 1. The largest absolute Gasteiger partial charge is 0.365 e. The summed E-state index contributed by atoms with van der Waals surface area (Å²) in [5, 5.41) is 0. The smallest absolute Gasteiger partial charge is 0.121 e. The molecular formula is C14H22O2. The van der Waals surface area contributed by atoms with Crippen molar-refractivity contribution in [2.75, 3.05) is 0 Å². The molecule has 0 N–H and O–H groups in total. The van der Waals surface area contributed by atoms with E-state index in [1.165, 1.54) is 32.1 Å². The van der Waals surface area contributed by atoms with Crippen molar-refractivity contribution in [1.82, 2.24) is 0 Å². The van der Waals surface area contributed by atoms with Gasteiger partial charge >= 0.3 is 0 Å². The van der Waals surface area contributed by atoms with Gasteiger partial charge in [-0.05, 0) is 64.7 Å². The van der Waals surface area contributed by atoms with Gasteiger partial charge in [0.1, 0.15) is 11.2 Å². The van der Waals surface area contributed by atoms with Gasteiger partial charge in [0.05, 0.1) is 11.7 Å². The van der Waals surface area contributed by atoms with E-state index in [0.29, 0.717) is 6.10 Å². The Bertz CT molecular complexity index is 351. The first-order chi connectivity index (χ1) is 7.48. The molecule has 2 heteroatoms. The van der Waals surface area contributed by atoms with Gasteiger partial charge in [0, 0.05) is 0 Å². The van der Waals surface area contributed by atoms with Crippen LogP contribution in [0.1, 0.15) is 52.9 Å². The van der Waals surface area contributed by atoms with E-state index >= 15 is 0 Å².